The normalized spacial score (nSPS) is 20.7. The highest BCUT2D eigenvalue weighted by Gasteiger charge is 2.33. The van der Waals surface area contributed by atoms with Crippen molar-refractivity contribution in [1.29, 1.82) is 0 Å². The molecule has 0 spiro atoms. The standard InChI is InChI=1S/C13H16O2/c1-13(2,3)11-8-9-6-4-5-7-10(9)12(14)15-11/h4-7,11H,8H2,1-3H3/t11-/m0/s1. The number of ether oxygens (including phenoxy) is 1. The third-order valence-electron chi connectivity index (χ3n) is 2.86. The Hall–Kier alpha value is -1.31. The third kappa shape index (κ3) is 1.89. The van der Waals surface area contributed by atoms with E-state index in [0.29, 0.717) is 0 Å². The molecule has 2 rings (SSSR count). The fraction of sp³-hybridized carbons (Fsp3) is 0.462. The third-order valence-corrected chi connectivity index (χ3v) is 2.86. The highest BCUT2D eigenvalue weighted by atomic mass is 16.5. The van der Waals surface area contributed by atoms with Crippen molar-refractivity contribution < 1.29 is 9.53 Å². The molecule has 0 unspecified atom stereocenters. The molecular weight excluding hydrogens is 188 g/mol. The summed E-state index contributed by atoms with van der Waals surface area (Å²) >= 11 is 0. The van der Waals surface area contributed by atoms with Crippen LogP contribution in [0.3, 0.4) is 0 Å². The number of carbonyl (C=O) groups excluding carboxylic acids is 1. The predicted octanol–water partition coefficient (Wildman–Crippen LogP) is 2.81. The van der Waals surface area contributed by atoms with Crippen LogP contribution >= 0.6 is 0 Å². The van der Waals surface area contributed by atoms with Gasteiger partial charge in [-0.3, -0.25) is 0 Å². The molecule has 2 nitrogen and oxygen atoms in total. The van der Waals surface area contributed by atoms with Gasteiger partial charge in [-0.05, 0) is 17.0 Å². The molecule has 1 aliphatic heterocycles. The monoisotopic (exact) mass is 204 g/mol. The Kier molecular flexibility index (Phi) is 2.29. The van der Waals surface area contributed by atoms with Crippen molar-refractivity contribution in [3.63, 3.8) is 0 Å². The van der Waals surface area contributed by atoms with Gasteiger partial charge >= 0.3 is 5.97 Å². The van der Waals surface area contributed by atoms with Gasteiger partial charge in [-0.1, -0.05) is 39.0 Å². The molecule has 2 heteroatoms. The van der Waals surface area contributed by atoms with Crippen molar-refractivity contribution in [2.45, 2.75) is 33.3 Å². The van der Waals surface area contributed by atoms with Crippen molar-refractivity contribution in [3.05, 3.63) is 35.4 Å². The van der Waals surface area contributed by atoms with Crippen LogP contribution < -0.4 is 0 Å². The maximum atomic E-state index is 11.7. The zero-order chi connectivity index (χ0) is 11.1. The Labute approximate surface area is 90.3 Å². The van der Waals surface area contributed by atoms with E-state index in [9.17, 15) is 4.79 Å². The number of hydrogen-bond acceptors (Lipinski definition) is 2. The van der Waals surface area contributed by atoms with Gasteiger partial charge < -0.3 is 4.74 Å². The summed E-state index contributed by atoms with van der Waals surface area (Å²) in [4.78, 5) is 11.7. The highest BCUT2D eigenvalue weighted by Crippen LogP contribution is 2.31. The molecule has 1 aromatic carbocycles. The Morgan fingerprint density at radius 1 is 1.27 bits per heavy atom. The number of esters is 1. The first-order valence-corrected chi connectivity index (χ1v) is 5.27. The molecule has 0 saturated heterocycles. The second kappa shape index (κ2) is 3.37. The highest BCUT2D eigenvalue weighted by molar-refractivity contribution is 5.92. The maximum absolute atomic E-state index is 11.7. The van der Waals surface area contributed by atoms with Gasteiger partial charge in [0, 0.05) is 6.42 Å². The van der Waals surface area contributed by atoms with Gasteiger partial charge in [0.2, 0.25) is 0 Å². The second-order valence-electron chi connectivity index (χ2n) is 5.12. The summed E-state index contributed by atoms with van der Waals surface area (Å²) in [7, 11) is 0. The fourth-order valence-corrected chi connectivity index (χ4v) is 1.81. The van der Waals surface area contributed by atoms with Gasteiger partial charge in [-0.15, -0.1) is 0 Å². The van der Waals surface area contributed by atoms with Gasteiger partial charge in [0.1, 0.15) is 6.10 Å². The number of carbonyl (C=O) groups is 1. The van der Waals surface area contributed by atoms with E-state index in [1.165, 1.54) is 0 Å². The smallest absolute Gasteiger partial charge is 0.338 e. The molecule has 0 N–H and O–H groups in total. The average Bonchev–Trinajstić information content (AvgIpc) is 2.16. The van der Waals surface area contributed by atoms with Crippen molar-refractivity contribution in [2.75, 3.05) is 0 Å². The molecule has 15 heavy (non-hydrogen) atoms. The van der Waals surface area contributed by atoms with Crippen LogP contribution in [0.1, 0.15) is 36.7 Å². The molecule has 0 radical (unpaired) electrons. The lowest BCUT2D eigenvalue weighted by molar-refractivity contribution is -0.00779. The van der Waals surface area contributed by atoms with Crippen molar-refractivity contribution in [1.82, 2.24) is 0 Å². The van der Waals surface area contributed by atoms with Crippen LogP contribution in [-0.2, 0) is 11.2 Å². The number of cyclic esters (lactones) is 1. The van der Waals surface area contributed by atoms with Crippen LogP contribution in [0.4, 0.5) is 0 Å². The van der Waals surface area contributed by atoms with Crippen LogP contribution in [0.2, 0.25) is 0 Å². The summed E-state index contributed by atoms with van der Waals surface area (Å²) < 4.78 is 5.44. The van der Waals surface area contributed by atoms with Gasteiger partial charge in [-0.2, -0.15) is 0 Å². The maximum Gasteiger partial charge on any atom is 0.338 e. The molecule has 0 saturated carbocycles. The summed E-state index contributed by atoms with van der Waals surface area (Å²) in [6.45, 7) is 6.29. The van der Waals surface area contributed by atoms with Crippen molar-refractivity contribution in [3.8, 4) is 0 Å². The quantitative estimate of drug-likeness (QED) is 0.607. The van der Waals surface area contributed by atoms with Crippen molar-refractivity contribution in [2.24, 2.45) is 5.41 Å². The first kappa shape index (κ1) is 10.2. The van der Waals surface area contributed by atoms with Crippen LogP contribution in [-0.4, -0.2) is 12.1 Å². The van der Waals surface area contributed by atoms with Gasteiger partial charge in [-0.25, -0.2) is 4.79 Å². The van der Waals surface area contributed by atoms with E-state index in [2.05, 4.69) is 20.8 Å². The molecule has 0 aromatic heterocycles. The molecule has 0 fully saturated rings. The SMILES string of the molecule is CC(C)(C)[C@@H]1Cc2ccccc2C(=O)O1. The Balaban J connectivity index is 2.35. The lowest BCUT2D eigenvalue weighted by Crippen LogP contribution is -2.37. The summed E-state index contributed by atoms with van der Waals surface area (Å²) in [5.41, 5.74) is 1.83. The molecule has 0 aliphatic carbocycles. The molecule has 0 amide bonds. The zero-order valence-corrected chi connectivity index (χ0v) is 9.41. The molecule has 1 atom stereocenters. The van der Waals surface area contributed by atoms with Crippen LogP contribution in [0, 0.1) is 5.41 Å². The van der Waals surface area contributed by atoms with E-state index in [1.807, 2.05) is 24.3 Å². The van der Waals surface area contributed by atoms with Crippen molar-refractivity contribution >= 4 is 5.97 Å². The topological polar surface area (TPSA) is 26.3 Å². The van der Waals surface area contributed by atoms with E-state index in [1.54, 1.807) is 0 Å². The Bertz CT molecular complexity index is 388. The van der Waals surface area contributed by atoms with E-state index < -0.39 is 0 Å². The Morgan fingerprint density at radius 2 is 1.93 bits per heavy atom. The summed E-state index contributed by atoms with van der Waals surface area (Å²) in [6, 6.07) is 7.68. The summed E-state index contributed by atoms with van der Waals surface area (Å²) in [6.07, 6.45) is 0.811. The lowest BCUT2D eigenvalue weighted by atomic mass is 9.83. The number of rotatable bonds is 0. The largest absolute Gasteiger partial charge is 0.458 e. The summed E-state index contributed by atoms with van der Waals surface area (Å²) in [5.74, 6) is -0.184. The average molecular weight is 204 g/mol. The van der Waals surface area contributed by atoms with Crippen LogP contribution in [0.5, 0.6) is 0 Å². The van der Waals surface area contributed by atoms with Crippen LogP contribution in [0.25, 0.3) is 0 Å². The van der Waals surface area contributed by atoms with Gasteiger partial charge in [0.15, 0.2) is 0 Å². The van der Waals surface area contributed by atoms with E-state index in [4.69, 9.17) is 4.74 Å². The molecule has 80 valence electrons. The number of benzene rings is 1. The fourth-order valence-electron chi connectivity index (χ4n) is 1.81. The van der Waals surface area contributed by atoms with E-state index in [0.717, 1.165) is 17.5 Å². The van der Waals surface area contributed by atoms with E-state index in [-0.39, 0.29) is 17.5 Å². The van der Waals surface area contributed by atoms with Gasteiger partial charge in [0.05, 0.1) is 5.56 Å². The number of fused-ring (bicyclic) bond motifs is 1. The van der Waals surface area contributed by atoms with E-state index >= 15 is 0 Å². The minimum absolute atomic E-state index is 0.00317. The predicted molar refractivity (Wildman–Crippen MR) is 58.8 cm³/mol. The molecule has 1 heterocycles. The summed E-state index contributed by atoms with van der Waals surface area (Å²) in [5, 5.41) is 0. The van der Waals surface area contributed by atoms with Crippen LogP contribution in [0.15, 0.2) is 24.3 Å². The van der Waals surface area contributed by atoms with Gasteiger partial charge in [0.25, 0.3) is 0 Å². The molecule has 1 aromatic rings. The number of hydrogen-bond donors (Lipinski definition) is 0. The lowest BCUT2D eigenvalue weighted by Gasteiger charge is -2.34. The molecular formula is C13H16O2. The zero-order valence-electron chi connectivity index (χ0n) is 9.41. The first-order valence-electron chi connectivity index (χ1n) is 5.27. The minimum atomic E-state index is -0.184. The molecule has 0 bridgehead atoms. The second-order valence-corrected chi connectivity index (χ2v) is 5.12. The Morgan fingerprint density at radius 3 is 2.60 bits per heavy atom. The minimum Gasteiger partial charge on any atom is -0.458 e. The first-order chi connectivity index (χ1) is 6.98. The molecule has 1 aliphatic rings.